The number of hydrazine groups is 1. The number of ether oxygens (including phenoxy) is 1. The number of rotatable bonds is 12. The van der Waals surface area contributed by atoms with Crippen LogP contribution in [0.5, 0.6) is 0 Å². The minimum atomic E-state index is -4.74. The highest BCUT2D eigenvalue weighted by Gasteiger charge is 2.40. The van der Waals surface area contributed by atoms with Crippen LogP contribution in [0.25, 0.3) is 16.9 Å². The number of carbonyl (C=O) groups is 3. The van der Waals surface area contributed by atoms with Crippen molar-refractivity contribution in [3.8, 4) is 16.9 Å². The Morgan fingerprint density at radius 2 is 1.58 bits per heavy atom. The van der Waals surface area contributed by atoms with Crippen LogP contribution < -0.4 is 4.72 Å². The van der Waals surface area contributed by atoms with E-state index in [-0.39, 0.29) is 33.4 Å². The molecule has 0 saturated carbocycles. The Morgan fingerprint density at radius 1 is 1.00 bits per heavy atom. The molecule has 2 heterocycles. The van der Waals surface area contributed by atoms with Crippen LogP contribution in [-0.2, 0) is 25.8 Å². The predicted molar refractivity (Wildman–Crippen MR) is 180 cm³/mol. The number of amides is 3. The molecule has 15 nitrogen and oxygen atoms in total. The standard InChI is InChI=1S/C34H34F3N7O8S/c1-20(2)29(41(5)44(48)40-52-22(4)42-31(45)26-8-6-7-9-27(26)32(42)46)19-51-33(47)39-53(49,50)25-16-14-24(15-17-25)43-28(18-30(38-43)34(35,36)37)23-12-10-21(3)11-13-23/h6-18,20,22,29H,19H2,1-5H3,(H,39,47)/b44-40+/t22?,29-/m1/s1. The molecule has 0 aliphatic carbocycles. The topological polar surface area (TPSA) is 179 Å². The number of aromatic nitrogens is 2. The lowest BCUT2D eigenvalue weighted by Crippen LogP contribution is -2.45. The van der Waals surface area contributed by atoms with Crippen molar-refractivity contribution in [3.63, 3.8) is 0 Å². The number of hydrogen-bond acceptors (Lipinski definition) is 10. The van der Waals surface area contributed by atoms with E-state index in [4.69, 9.17) is 9.57 Å². The van der Waals surface area contributed by atoms with Crippen LogP contribution >= 0.6 is 0 Å². The molecule has 1 unspecified atom stereocenters. The number of likely N-dealkylation sites (N-methyl/N-ethyl adjacent to an activating group) is 1. The molecule has 53 heavy (non-hydrogen) atoms. The number of sulfonamides is 1. The fraction of sp³-hybridized carbons (Fsp3) is 0.294. The second-order valence-corrected chi connectivity index (χ2v) is 14.0. The summed E-state index contributed by atoms with van der Waals surface area (Å²) in [6.07, 6.45) is -7.36. The third-order valence-electron chi connectivity index (χ3n) is 8.32. The molecule has 2 atom stereocenters. The summed E-state index contributed by atoms with van der Waals surface area (Å²) < 4.78 is 74.7. The molecular formula is C34H34F3N7O8S. The molecule has 3 amide bonds. The van der Waals surface area contributed by atoms with Crippen molar-refractivity contribution in [3.05, 3.63) is 106 Å². The van der Waals surface area contributed by atoms with Crippen LogP contribution in [0.4, 0.5) is 18.0 Å². The SMILES string of the molecule is Cc1ccc(-c2cc(C(F)(F)F)nn2-c2ccc(S(=O)(=O)NC(=O)OC[C@H](C(C)C)N(C)/[N+]([O-])=N\OC(C)N3C(=O)c4ccccc4C3=O)cc2)cc1. The molecular weight excluding hydrogens is 723 g/mol. The van der Waals surface area contributed by atoms with Crippen LogP contribution in [-0.4, -0.2) is 76.9 Å². The lowest BCUT2D eigenvalue weighted by Gasteiger charge is -2.27. The Hall–Kier alpha value is -5.98. The van der Waals surface area contributed by atoms with Gasteiger partial charge in [0.05, 0.1) is 39.4 Å². The van der Waals surface area contributed by atoms with Gasteiger partial charge in [-0.3, -0.25) is 9.59 Å². The van der Waals surface area contributed by atoms with Gasteiger partial charge in [-0.2, -0.15) is 18.3 Å². The van der Waals surface area contributed by atoms with Gasteiger partial charge in [-0.25, -0.2) is 27.5 Å². The second kappa shape index (κ2) is 14.9. The molecule has 5 rings (SSSR count). The van der Waals surface area contributed by atoms with Gasteiger partial charge in [0, 0.05) is 5.56 Å². The number of nitrogens with one attached hydrogen (secondary N) is 1. The van der Waals surface area contributed by atoms with Gasteiger partial charge in [-0.1, -0.05) is 55.8 Å². The summed E-state index contributed by atoms with van der Waals surface area (Å²) in [6.45, 7) is 6.08. The first-order valence-electron chi connectivity index (χ1n) is 16.0. The smallest absolute Gasteiger partial charge is 0.435 e. The lowest BCUT2D eigenvalue weighted by molar-refractivity contribution is -0.715. The van der Waals surface area contributed by atoms with Crippen LogP contribution in [0, 0.1) is 18.0 Å². The predicted octanol–water partition coefficient (Wildman–Crippen LogP) is 5.69. The number of alkyl halides is 3. The zero-order chi connectivity index (χ0) is 38.8. The molecule has 280 valence electrons. The van der Waals surface area contributed by atoms with Crippen molar-refractivity contribution in [2.24, 2.45) is 11.2 Å². The monoisotopic (exact) mass is 757 g/mol. The lowest BCUT2D eigenvalue weighted by atomic mass is 10.1. The average molecular weight is 758 g/mol. The van der Waals surface area contributed by atoms with E-state index in [2.05, 4.69) is 10.4 Å². The fourth-order valence-electron chi connectivity index (χ4n) is 5.38. The summed E-state index contributed by atoms with van der Waals surface area (Å²) in [7, 11) is -3.22. The van der Waals surface area contributed by atoms with E-state index in [1.54, 1.807) is 55.0 Å². The van der Waals surface area contributed by atoms with Crippen molar-refractivity contribution in [2.45, 2.75) is 51.0 Å². The van der Waals surface area contributed by atoms with Crippen molar-refractivity contribution < 1.29 is 50.5 Å². The molecule has 0 radical (unpaired) electrons. The van der Waals surface area contributed by atoms with Gasteiger partial charge >= 0.3 is 12.3 Å². The third kappa shape index (κ3) is 8.24. The molecule has 1 N–H and O–H groups in total. The van der Waals surface area contributed by atoms with Crippen molar-refractivity contribution >= 4 is 27.9 Å². The Kier molecular flexibility index (Phi) is 10.8. The van der Waals surface area contributed by atoms with Crippen LogP contribution in [0.15, 0.2) is 89.0 Å². The fourth-order valence-corrected chi connectivity index (χ4v) is 6.27. The molecule has 1 aliphatic rings. The summed E-state index contributed by atoms with van der Waals surface area (Å²) in [5.41, 5.74) is 0.804. The van der Waals surface area contributed by atoms with E-state index < -0.39 is 63.6 Å². The average Bonchev–Trinajstić information content (AvgIpc) is 3.67. The Balaban J connectivity index is 1.22. The van der Waals surface area contributed by atoms with Gasteiger partial charge in [0.2, 0.25) is 11.5 Å². The molecule has 19 heteroatoms. The van der Waals surface area contributed by atoms with Crippen LogP contribution in [0.1, 0.15) is 52.7 Å². The molecule has 0 saturated heterocycles. The van der Waals surface area contributed by atoms with Gasteiger partial charge in [-0.05, 0) is 62.2 Å². The van der Waals surface area contributed by atoms with Crippen molar-refractivity contribution in [1.29, 1.82) is 0 Å². The number of aryl methyl sites for hydroxylation is 1. The minimum Gasteiger partial charge on any atom is -0.569 e. The number of halogens is 3. The number of hydrogen-bond donors (Lipinski definition) is 1. The molecule has 1 aromatic heterocycles. The van der Waals surface area contributed by atoms with E-state index in [1.807, 2.05) is 6.92 Å². The molecule has 0 bridgehead atoms. The maximum atomic E-state index is 13.6. The zero-order valence-electron chi connectivity index (χ0n) is 28.9. The maximum absolute atomic E-state index is 13.6. The largest absolute Gasteiger partial charge is 0.569 e. The summed E-state index contributed by atoms with van der Waals surface area (Å²) in [4.78, 5) is 43.6. The van der Waals surface area contributed by atoms with E-state index in [0.29, 0.717) is 5.56 Å². The number of fused-ring (bicyclic) bond motifs is 1. The first-order valence-corrected chi connectivity index (χ1v) is 17.5. The Labute approximate surface area is 301 Å². The normalized spacial score (nSPS) is 14.6. The highest BCUT2D eigenvalue weighted by molar-refractivity contribution is 7.90. The van der Waals surface area contributed by atoms with E-state index in [1.165, 1.54) is 38.2 Å². The first-order chi connectivity index (χ1) is 24.9. The first kappa shape index (κ1) is 38.3. The molecule has 4 aromatic rings. The third-order valence-corrected chi connectivity index (χ3v) is 9.65. The number of nitrogens with zero attached hydrogens (tertiary/aromatic N) is 6. The highest BCUT2D eigenvalue weighted by atomic mass is 32.2. The summed E-state index contributed by atoms with van der Waals surface area (Å²) in [5.74, 6) is -1.59. The zero-order valence-corrected chi connectivity index (χ0v) is 29.8. The Bertz CT molecular complexity index is 2120. The van der Waals surface area contributed by atoms with Crippen LogP contribution in [0.3, 0.4) is 0 Å². The second-order valence-electron chi connectivity index (χ2n) is 12.3. The molecule has 0 spiro atoms. The van der Waals surface area contributed by atoms with Crippen LogP contribution in [0.2, 0.25) is 0 Å². The summed E-state index contributed by atoms with van der Waals surface area (Å²) in [5, 5.41) is 20.9. The summed E-state index contributed by atoms with van der Waals surface area (Å²) >= 11 is 0. The Morgan fingerprint density at radius 3 is 2.13 bits per heavy atom. The molecule has 0 fully saturated rings. The molecule has 3 aromatic carbocycles. The number of benzene rings is 3. The minimum absolute atomic E-state index is 0.0282. The number of carbonyl (C=O) groups excluding carboxylic acids is 3. The maximum Gasteiger partial charge on any atom is 0.435 e. The van der Waals surface area contributed by atoms with Crippen molar-refractivity contribution in [2.75, 3.05) is 13.7 Å². The highest BCUT2D eigenvalue weighted by Crippen LogP contribution is 2.33. The van der Waals surface area contributed by atoms with E-state index >= 15 is 0 Å². The van der Waals surface area contributed by atoms with E-state index in [9.17, 15) is 41.2 Å². The quantitative estimate of drug-likeness (QED) is 0.0817. The summed E-state index contributed by atoms with van der Waals surface area (Å²) in [6, 6.07) is 17.6. The van der Waals surface area contributed by atoms with Crippen molar-refractivity contribution in [1.82, 2.24) is 24.4 Å². The number of imide groups is 1. The van der Waals surface area contributed by atoms with Gasteiger partial charge in [-0.15, -0.1) is 5.01 Å². The van der Waals surface area contributed by atoms with Gasteiger partial charge < -0.3 is 14.8 Å². The van der Waals surface area contributed by atoms with Gasteiger partial charge in [0.15, 0.2) is 5.69 Å². The van der Waals surface area contributed by atoms with Gasteiger partial charge in [0.25, 0.3) is 21.8 Å². The van der Waals surface area contributed by atoms with Gasteiger partial charge in [0.1, 0.15) is 12.6 Å². The van der Waals surface area contributed by atoms with E-state index in [0.717, 1.165) is 38.4 Å². The molecule has 1 aliphatic heterocycles.